The number of nitrogens with two attached hydrogens (primary N) is 1. The fourth-order valence-corrected chi connectivity index (χ4v) is 2.05. The number of nitrogens with one attached hydrogen (secondary N) is 2. The SMILES string of the molecule is CC(C)CC(=O)NC(=S)Nc1ccc(N)cc1Br. The Hall–Kier alpha value is -1.14. The van der Waals surface area contributed by atoms with Crippen LogP contribution in [-0.2, 0) is 4.79 Å². The van der Waals surface area contributed by atoms with E-state index in [0.29, 0.717) is 18.0 Å². The van der Waals surface area contributed by atoms with E-state index in [-0.39, 0.29) is 11.0 Å². The molecule has 0 spiro atoms. The third kappa shape index (κ3) is 5.01. The Labute approximate surface area is 120 Å². The maximum Gasteiger partial charge on any atom is 0.226 e. The molecule has 0 radical (unpaired) electrons. The van der Waals surface area contributed by atoms with Gasteiger partial charge in [0.2, 0.25) is 5.91 Å². The van der Waals surface area contributed by atoms with Crippen LogP contribution in [0.3, 0.4) is 0 Å². The number of halogens is 1. The lowest BCUT2D eigenvalue weighted by Crippen LogP contribution is -2.34. The van der Waals surface area contributed by atoms with Gasteiger partial charge in [0.15, 0.2) is 5.11 Å². The lowest BCUT2D eigenvalue weighted by atomic mass is 10.1. The Morgan fingerprint density at radius 1 is 1.50 bits per heavy atom. The predicted molar refractivity (Wildman–Crippen MR) is 82.4 cm³/mol. The molecule has 1 amide bonds. The Kier molecular flexibility index (Phi) is 5.55. The van der Waals surface area contributed by atoms with Gasteiger partial charge in [-0.05, 0) is 52.3 Å². The van der Waals surface area contributed by atoms with E-state index in [1.54, 1.807) is 18.2 Å². The molecule has 0 aliphatic heterocycles. The van der Waals surface area contributed by atoms with Crippen molar-refractivity contribution in [2.24, 2.45) is 5.92 Å². The number of carbonyl (C=O) groups is 1. The van der Waals surface area contributed by atoms with Crippen LogP contribution in [0.2, 0.25) is 0 Å². The first-order valence-electron chi connectivity index (χ1n) is 5.54. The summed E-state index contributed by atoms with van der Waals surface area (Å²) in [5, 5.41) is 5.85. The van der Waals surface area contributed by atoms with E-state index in [9.17, 15) is 4.79 Å². The normalized spacial score (nSPS) is 10.2. The molecule has 0 aliphatic carbocycles. The zero-order valence-corrected chi connectivity index (χ0v) is 12.7. The zero-order valence-electron chi connectivity index (χ0n) is 10.3. The van der Waals surface area contributed by atoms with Crippen LogP contribution in [0.15, 0.2) is 22.7 Å². The van der Waals surface area contributed by atoms with Crippen LogP contribution >= 0.6 is 28.1 Å². The number of anilines is 2. The number of hydrogen-bond donors (Lipinski definition) is 3. The summed E-state index contributed by atoms with van der Waals surface area (Å²) < 4.78 is 0.794. The first kappa shape index (κ1) is 14.9. The van der Waals surface area contributed by atoms with Crippen LogP contribution in [-0.4, -0.2) is 11.0 Å². The molecule has 0 fully saturated rings. The second-order valence-corrected chi connectivity index (χ2v) is 5.60. The summed E-state index contributed by atoms with van der Waals surface area (Å²) in [7, 11) is 0. The number of thiocarbonyl (C=S) groups is 1. The van der Waals surface area contributed by atoms with E-state index in [4.69, 9.17) is 18.0 Å². The second kappa shape index (κ2) is 6.70. The standard InChI is InChI=1S/C12H16BrN3OS/c1-7(2)5-11(17)16-12(18)15-10-4-3-8(14)6-9(10)13/h3-4,6-7H,5,14H2,1-2H3,(H2,15,16,17,18). The molecule has 0 heterocycles. The lowest BCUT2D eigenvalue weighted by Gasteiger charge is -2.12. The second-order valence-electron chi connectivity index (χ2n) is 4.34. The predicted octanol–water partition coefficient (Wildman–Crippen LogP) is 2.89. The van der Waals surface area contributed by atoms with E-state index in [0.717, 1.165) is 10.2 Å². The number of amides is 1. The maximum atomic E-state index is 11.5. The Morgan fingerprint density at radius 2 is 2.17 bits per heavy atom. The smallest absolute Gasteiger partial charge is 0.226 e. The summed E-state index contributed by atoms with van der Waals surface area (Å²) in [6.07, 6.45) is 0.449. The quantitative estimate of drug-likeness (QED) is 0.589. The van der Waals surface area contributed by atoms with Gasteiger partial charge in [0, 0.05) is 16.6 Å². The summed E-state index contributed by atoms with van der Waals surface area (Å²) in [5.41, 5.74) is 7.05. The van der Waals surface area contributed by atoms with Gasteiger partial charge in [-0.25, -0.2) is 0 Å². The van der Waals surface area contributed by atoms with Crippen LogP contribution in [0.1, 0.15) is 20.3 Å². The van der Waals surface area contributed by atoms with Gasteiger partial charge in [0.05, 0.1) is 5.69 Å². The summed E-state index contributed by atoms with van der Waals surface area (Å²) in [4.78, 5) is 11.5. The molecule has 98 valence electrons. The van der Waals surface area contributed by atoms with Gasteiger partial charge in [0.25, 0.3) is 0 Å². The van der Waals surface area contributed by atoms with Crippen molar-refractivity contribution in [3.8, 4) is 0 Å². The highest BCUT2D eigenvalue weighted by Gasteiger charge is 2.08. The molecule has 0 aromatic heterocycles. The van der Waals surface area contributed by atoms with Crippen molar-refractivity contribution in [3.63, 3.8) is 0 Å². The Morgan fingerprint density at radius 3 is 2.72 bits per heavy atom. The van der Waals surface area contributed by atoms with E-state index in [1.807, 2.05) is 13.8 Å². The molecule has 1 aromatic rings. The van der Waals surface area contributed by atoms with Gasteiger partial charge in [-0.3, -0.25) is 4.79 Å². The molecule has 1 rings (SSSR count). The fourth-order valence-electron chi connectivity index (χ4n) is 1.33. The molecule has 0 saturated heterocycles. The van der Waals surface area contributed by atoms with Gasteiger partial charge in [-0.15, -0.1) is 0 Å². The molecule has 0 bridgehead atoms. The Bertz CT molecular complexity index is 463. The van der Waals surface area contributed by atoms with Crippen LogP contribution in [0.5, 0.6) is 0 Å². The fraction of sp³-hybridized carbons (Fsp3) is 0.333. The third-order valence-corrected chi connectivity index (χ3v) is 2.95. The van der Waals surface area contributed by atoms with Crippen molar-refractivity contribution in [3.05, 3.63) is 22.7 Å². The molecular weight excluding hydrogens is 314 g/mol. The van der Waals surface area contributed by atoms with Crippen molar-refractivity contribution in [1.29, 1.82) is 0 Å². The minimum Gasteiger partial charge on any atom is -0.399 e. The van der Waals surface area contributed by atoms with E-state index < -0.39 is 0 Å². The monoisotopic (exact) mass is 329 g/mol. The van der Waals surface area contributed by atoms with E-state index in [2.05, 4.69) is 26.6 Å². The molecule has 0 unspecified atom stereocenters. The molecule has 18 heavy (non-hydrogen) atoms. The third-order valence-electron chi connectivity index (χ3n) is 2.09. The van der Waals surface area contributed by atoms with Crippen LogP contribution in [0, 0.1) is 5.92 Å². The van der Waals surface area contributed by atoms with Crippen LogP contribution in [0.4, 0.5) is 11.4 Å². The van der Waals surface area contributed by atoms with E-state index >= 15 is 0 Å². The number of hydrogen-bond acceptors (Lipinski definition) is 3. The molecule has 0 aliphatic rings. The highest BCUT2D eigenvalue weighted by atomic mass is 79.9. The van der Waals surface area contributed by atoms with Gasteiger partial charge < -0.3 is 16.4 Å². The zero-order chi connectivity index (χ0) is 13.7. The van der Waals surface area contributed by atoms with Crippen molar-refractivity contribution >= 4 is 50.5 Å². The summed E-state index contributed by atoms with van der Waals surface area (Å²) in [6.45, 7) is 3.96. The molecule has 6 heteroatoms. The van der Waals surface area contributed by atoms with E-state index in [1.165, 1.54) is 0 Å². The molecule has 0 saturated carbocycles. The summed E-state index contributed by atoms with van der Waals surface area (Å²) in [5.74, 6) is 0.213. The van der Waals surface area contributed by atoms with Gasteiger partial charge in [0.1, 0.15) is 0 Å². The summed E-state index contributed by atoms with van der Waals surface area (Å²) >= 11 is 8.43. The number of carbonyl (C=O) groups excluding carboxylic acids is 1. The molecule has 1 aromatic carbocycles. The summed E-state index contributed by atoms with van der Waals surface area (Å²) in [6, 6.07) is 5.31. The molecule has 4 nitrogen and oxygen atoms in total. The number of rotatable bonds is 3. The minimum atomic E-state index is -0.0888. The number of nitrogen functional groups attached to an aromatic ring is 1. The highest BCUT2D eigenvalue weighted by Crippen LogP contribution is 2.24. The lowest BCUT2D eigenvalue weighted by molar-refractivity contribution is -0.120. The van der Waals surface area contributed by atoms with Crippen LogP contribution in [0.25, 0.3) is 0 Å². The first-order chi connectivity index (χ1) is 8.38. The van der Waals surface area contributed by atoms with Crippen molar-refractivity contribution < 1.29 is 4.79 Å². The highest BCUT2D eigenvalue weighted by molar-refractivity contribution is 9.10. The van der Waals surface area contributed by atoms with Gasteiger partial charge in [-0.2, -0.15) is 0 Å². The molecular formula is C12H16BrN3OS. The number of benzene rings is 1. The molecule has 4 N–H and O–H groups in total. The maximum absolute atomic E-state index is 11.5. The van der Waals surface area contributed by atoms with Crippen molar-refractivity contribution in [1.82, 2.24) is 5.32 Å². The van der Waals surface area contributed by atoms with Crippen LogP contribution < -0.4 is 16.4 Å². The van der Waals surface area contributed by atoms with Gasteiger partial charge >= 0.3 is 0 Å². The minimum absolute atomic E-state index is 0.0888. The largest absolute Gasteiger partial charge is 0.399 e. The average Bonchev–Trinajstić information content (AvgIpc) is 2.20. The molecule has 0 atom stereocenters. The first-order valence-corrected chi connectivity index (χ1v) is 6.74. The van der Waals surface area contributed by atoms with Crippen molar-refractivity contribution in [2.75, 3.05) is 11.1 Å². The Balaban J connectivity index is 2.57. The average molecular weight is 330 g/mol. The topological polar surface area (TPSA) is 67.2 Å². The van der Waals surface area contributed by atoms with Gasteiger partial charge in [-0.1, -0.05) is 13.8 Å². The van der Waals surface area contributed by atoms with Crippen molar-refractivity contribution in [2.45, 2.75) is 20.3 Å².